The summed E-state index contributed by atoms with van der Waals surface area (Å²) in [6, 6.07) is 16.3. The zero-order valence-corrected chi connectivity index (χ0v) is 15.6. The average Bonchev–Trinajstić information content (AvgIpc) is 2.67. The molecule has 0 aliphatic carbocycles. The maximum Gasteiger partial charge on any atom is 0.233 e. The first-order valence-corrected chi connectivity index (χ1v) is 9.52. The molecule has 0 saturated carbocycles. The van der Waals surface area contributed by atoms with Crippen molar-refractivity contribution in [2.24, 2.45) is 0 Å². The van der Waals surface area contributed by atoms with Crippen molar-refractivity contribution < 1.29 is 9.53 Å². The standard InChI is InChI=1S/C20H24N2O2S/c1-16-7-3-6-10-19(16)25-15-20(23)22-13-11-21(12-14-22)17-8-4-5-9-18(17)24-2/h3-10H,11-15H2,1-2H3. The van der Waals surface area contributed by atoms with E-state index in [0.29, 0.717) is 5.75 Å². The van der Waals surface area contributed by atoms with Crippen LogP contribution in [0.15, 0.2) is 53.4 Å². The molecule has 0 spiro atoms. The minimum atomic E-state index is 0.216. The van der Waals surface area contributed by atoms with Crippen molar-refractivity contribution in [3.05, 3.63) is 54.1 Å². The fraction of sp³-hybridized carbons (Fsp3) is 0.350. The van der Waals surface area contributed by atoms with Crippen LogP contribution in [0.3, 0.4) is 0 Å². The van der Waals surface area contributed by atoms with Gasteiger partial charge >= 0.3 is 0 Å². The first-order chi connectivity index (χ1) is 12.2. The Hall–Kier alpha value is -2.14. The van der Waals surface area contributed by atoms with Gasteiger partial charge in [-0.05, 0) is 30.7 Å². The second-order valence-electron chi connectivity index (χ2n) is 6.09. The van der Waals surface area contributed by atoms with E-state index in [0.717, 1.165) is 37.6 Å². The quantitative estimate of drug-likeness (QED) is 0.769. The van der Waals surface area contributed by atoms with Crippen LogP contribution in [0, 0.1) is 6.92 Å². The van der Waals surface area contributed by atoms with Crippen LogP contribution in [0.4, 0.5) is 5.69 Å². The fourth-order valence-electron chi connectivity index (χ4n) is 3.04. The minimum Gasteiger partial charge on any atom is -0.495 e. The summed E-state index contributed by atoms with van der Waals surface area (Å²) < 4.78 is 5.45. The molecule has 1 fully saturated rings. The maximum absolute atomic E-state index is 12.5. The van der Waals surface area contributed by atoms with Crippen LogP contribution < -0.4 is 9.64 Å². The molecule has 2 aromatic rings. The Kier molecular flexibility index (Phi) is 5.87. The van der Waals surface area contributed by atoms with Crippen LogP contribution >= 0.6 is 11.8 Å². The lowest BCUT2D eigenvalue weighted by Crippen LogP contribution is -2.49. The van der Waals surface area contributed by atoms with Crippen LogP contribution in [0.5, 0.6) is 5.75 Å². The van der Waals surface area contributed by atoms with Crippen LogP contribution in [0.1, 0.15) is 5.56 Å². The smallest absolute Gasteiger partial charge is 0.233 e. The maximum atomic E-state index is 12.5. The van der Waals surface area contributed by atoms with E-state index >= 15 is 0 Å². The number of thioether (sulfide) groups is 1. The van der Waals surface area contributed by atoms with E-state index in [2.05, 4.69) is 30.0 Å². The van der Waals surface area contributed by atoms with E-state index in [9.17, 15) is 4.79 Å². The van der Waals surface area contributed by atoms with Crippen LogP contribution in [0.2, 0.25) is 0 Å². The molecule has 0 aromatic heterocycles. The number of ether oxygens (including phenoxy) is 1. The highest BCUT2D eigenvalue weighted by Gasteiger charge is 2.22. The first-order valence-electron chi connectivity index (χ1n) is 8.53. The molecule has 4 nitrogen and oxygen atoms in total. The number of piperazine rings is 1. The lowest BCUT2D eigenvalue weighted by atomic mass is 10.2. The van der Waals surface area contributed by atoms with Crippen molar-refractivity contribution in [2.75, 3.05) is 43.9 Å². The summed E-state index contributed by atoms with van der Waals surface area (Å²) in [7, 11) is 1.70. The monoisotopic (exact) mass is 356 g/mol. The fourth-order valence-corrected chi connectivity index (χ4v) is 3.97. The van der Waals surface area contributed by atoms with Crippen molar-refractivity contribution in [1.82, 2.24) is 4.90 Å². The molecule has 0 N–H and O–H groups in total. The summed E-state index contributed by atoms with van der Waals surface area (Å²) in [5.41, 5.74) is 2.33. The summed E-state index contributed by atoms with van der Waals surface area (Å²) in [4.78, 5) is 18.0. The van der Waals surface area contributed by atoms with Gasteiger partial charge in [-0.1, -0.05) is 30.3 Å². The Morgan fingerprint density at radius 2 is 1.72 bits per heavy atom. The Labute approximate surface area is 153 Å². The van der Waals surface area contributed by atoms with E-state index in [-0.39, 0.29) is 5.91 Å². The van der Waals surface area contributed by atoms with Gasteiger partial charge in [0.1, 0.15) is 5.75 Å². The van der Waals surface area contributed by atoms with E-state index < -0.39 is 0 Å². The molecular formula is C20H24N2O2S. The number of hydrogen-bond donors (Lipinski definition) is 0. The molecule has 3 rings (SSSR count). The molecule has 0 radical (unpaired) electrons. The number of rotatable bonds is 5. The van der Waals surface area contributed by atoms with Crippen molar-refractivity contribution in [1.29, 1.82) is 0 Å². The zero-order valence-electron chi connectivity index (χ0n) is 14.8. The molecule has 1 saturated heterocycles. The summed E-state index contributed by atoms with van der Waals surface area (Å²) in [6.45, 7) is 5.26. The van der Waals surface area contributed by atoms with Crippen LogP contribution in [0.25, 0.3) is 0 Å². The number of amides is 1. The largest absolute Gasteiger partial charge is 0.495 e. The number of nitrogens with zero attached hydrogens (tertiary/aromatic N) is 2. The lowest BCUT2D eigenvalue weighted by Gasteiger charge is -2.36. The SMILES string of the molecule is COc1ccccc1N1CCN(C(=O)CSc2ccccc2C)CC1. The lowest BCUT2D eigenvalue weighted by molar-refractivity contribution is -0.128. The van der Waals surface area contributed by atoms with Gasteiger partial charge < -0.3 is 14.5 Å². The normalized spacial score (nSPS) is 14.5. The zero-order chi connectivity index (χ0) is 17.6. The van der Waals surface area contributed by atoms with Gasteiger partial charge in [-0.3, -0.25) is 4.79 Å². The highest BCUT2D eigenvalue weighted by atomic mass is 32.2. The average molecular weight is 356 g/mol. The molecule has 1 aliphatic heterocycles. The van der Waals surface area contributed by atoms with Gasteiger partial charge in [0.15, 0.2) is 0 Å². The van der Waals surface area contributed by atoms with Crippen molar-refractivity contribution in [3.63, 3.8) is 0 Å². The molecule has 1 heterocycles. The molecule has 1 amide bonds. The second kappa shape index (κ2) is 8.30. The Morgan fingerprint density at radius 3 is 2.44 bits per heavy atom. The topological polar surface area (TPSA) is 32.8 Å². The molecule has 2 aromatic carbocycles. The highest BCUT2D eigenvalue weighted by Crippen LogP contribution is 2.28. The Morgan fingerprint density at radius 1 is 1.04 bits per heavy atom. The third-order valence-electron chi connectivity index (χ3n) is 4.50. The number of carbonyl (C=O) groups is 1. The van der Waals surface area contributed by atoms with E-state index in [1.807, 2.05) is 35.2 Å². The molecule has 5 heteroatoms. The van der Waals surface area contributed by atoms with Gasteiger partial charge in [0.05, 0.1) is 18.6 Å². The molecular weight excluding hydrogens is 332 g/mol. The summed E-state index contributed by atoms with van der Waals surface area (Å²) in [6.07, 6.45) is 0. The van der Waals surface area contributed by atoms with Gasteiger partial charge in [0.2, 0.25) is 5.91 Å². The van der Waals surface area contributed by atoms with Gasteiger partial charge in [-0.15, -0.1) is 11.8 Å². The molecule has 25 heavy (non-hydrogen) atoms. The molecule has 0 bridgehead atoms. The third kappa shape index (κ3) is 4.28. The van der Waals surface area contributed by atoms with Crippen molar-refractivity contribution in [2.45, 2.75) is 11.8 Å². The third-order valence-corrected chi connectivity index (χ3v) is 5.66. The van der Waals surface area contributed by atoms with Crippen molar-refractivity contribution >= 4 is 23.4 Å². The van der Waals surface area contributed by atoms with E-state index in [1.165, 1.54) is 10.5 Å². The number of methoxy groups -OCH3 is 1. The first kappa shape index (κ1) is 17.7. The Bertz CT molecular complexity index is 727. The van der Waals surface area contributed by atoms with Gasteiger partial charge in [-0.25, -0.2) is 0 Å². The Balaban J connectivity index is 1.53. The number of para-hydroxylation sites is 2. The predicted octanol–water partition coefficient (Wildman–Crippen LogP) is 3.44. The minimum absolute atomic E-state index is 0.216. The summed E-state index contributed by atoms with van der Waals surface area (Å²) in [5, 5.41) is 0. The number of aryl methyl sites for hydroxylation is 1. The van der Waals surface area contributed by atoms with Gasteiger partial charge in [0.25, 0.3) is 0 Å². The molecule has 0 unspecified atom stereocenters. The van der Waals surface area contributed by atoms with Gasteiger partial charge in [0, 0.05) is 31.1 Å². The number of hydrogen-bond acceptors (Lipinski definition) is 4. The second-order valence-corrected chi connectivity index (χ2v) is 7.11. The molecule has 132 valence electrons. The predicted molar refractivity (Wildman–Crippen MR) is 104 cm³/mol. The van der Waals surface area contributed by atoms with Gasteiger partial charge in [-0.2, -0.15) is 0 Å². The van der Waals surface area contributed by atoms with Crippen LogP contribution in [-0.4, -0.2) is 49.8 Å². The number of anilines is 1. The molecule has 1 aliphatic rings. The summed E-state index contributed by atoms with van der Waals surface area (Å²) in [5.74, 6) is 1.60. The van der Waals surface area contributed by atoms with Crippen LogP contribution in [-0.2, 0) is 4.79 Å². The molecule has 0 atom stereocenters. The van der Waals surface area contributed by atoms with E-state index in [4.69, 9.17) is 4.74 Å². The number of benzene rings is 2. The van der Waals surface area contributed by atoms with E-state index in [1.54, 1.807) is 18.9 Å². The highest BCUT2D eigenvalue weighted by molar-refractivity contribution is 8.00. The summed E-state index contributed by atoms with van der Waals surface area (Å²) >= 11 is 1.63. The number of carbonyl (C=O) groups excluding carboxylic acids is 1. The van der Waals surface area contributed by atoms with Crippen molar-refractivity contribution in [3.8, 4) is 5.75 Å².